The van der Waals surface area contributed by atoms with E-state index >= 15 is 0 Å². The van der Waals surface area contributed by atoms with E-state index in [-0.39, 0.29) is 35.3 Å². The lowest BCUT2D eigenvalue weighted by Gasteiger charge is -2.41. The summed E-state index contributed by atoms with van der Waals surface area (Å²) in [6.45, 7) is 13.7. The molecule has 0 bridgehead atoms. The zero-order valence-electron chi connectivity index (χ0n) is 18.8. The van der Waals surface area contributed by atoms with Gasteiger partial charge in [-0.15, -0.1) is 24.0 Å². The van der Waals surface area contributed by atoms with Crippen molar-refractivity contribution in [3.63, 3.8) is 0 Å². The first-order valence-electron chi connectivity index (χ1n) is 10.5. The Morgan fingerprint density at radius 3 is 2.61 bits per heavy atom. The predicted molar refractivity (Wildman–Crippen MR) is 133 cm³/mol. The van der Waals surface area contributed by atoms with Crippen LogP contribution in [-0.4, -0.2) is 65.3 Å². The predicted octanol–water partition coefficient (Wildman–Crippen LogP) is 3.10. The van der Waals surface area contributed by atoms with Gasteiger partial charge in [0.15, 0.2) is 5.96 Å². The second-order valence-electron chi connectivity index (χ2n) is 8.09. The maximum absolute atomic E-state index is 14.6. The summed E-state index contributed by atoms with van der Waals surface area (Å²) in [5.74, 6) is 1.20. The molecule has 1 aliphatic rings. The molecule has 1 aliphatic heterocycles. The fraction of sp³-hybridized carbons (Fsp3) is 0.545. The number of aromatic nitrogens is 2. The van der Waals surface area contributed by atoms with E-state index in [9.17, 15) is 4.39 Å². The Morgan fingerprint density at radius 2 is 2.00 bits per heavy atom. The molecule has 3 rings (SSSR count). The Kier molecular flexibility index (Phi) is 9.70. The summed E-state index contributed by atoms with van der Waals surface area (Å²) < 4.78 is 21.8. The van der Waals surface area contributed by atoms with E-state index in [4.69, 9.17) is 4.74 Å². The van der Waals surface area contributed by atoms with E-state index in [2.05, 4.69) is 39.4 Å². The van der Waals surface area contributed by atoms with Crippen molar-refractivity contribution in [3.8, 4) is 5.69 Å². The number of nitrogens with one attached hydrogen (secondary N) is 2. The molecule has 1 fully saturated rings. The SMILES string of the molecule is CCNC(=NCc1ccc(-n2ccnc2C)c(F)c1)NCC(C)(C)N1CCOCC1.I. The molecule has 2 heterocycles. The number of guanidine groups is 1. The van der Waals surface area contributed by atoms with Gasteiger partial charge in [-0.25, -0.2) is 14.4 Å². The van der Waals surface area contributed by atoms with E-state index in [1.807, 2.05) is 19.9 Å². The van der Waals surface area contributed by atoms with E-state index in [0.717, 1.165) is 56.7 Å². The van der Waals surface area contributed by atoms with Crippen molar-refractivity contribution in [1.82, 2.24) is 25.1 Å². The van der Waals surface area contributed by atoms with Gasteiger partial charge in [0.05, 0.1) is 25.4 Å². The first kappa shape index (κ1) is 25.5. The van der Waals surface area contributed by atoms with E-state index in [1.165, 1.54) is 0 Å². The van der Waals surface area contributed by atoms with Gasteiger partial charge in [0, 0.05) is 44.1 Å². The van der Waals surface area contributed by atoms with Gasteiger partial charge in [-0.3, -0.25) is 4.90 Å². The third-order valence-electron chi connectivity index (χ3n) is 5.42. The van der Waals surface area contributed by atoms with Crippen LogP contribution in [0, 0.1) is 12.7 Å². The summed E-state index contributed by atoms with van der Waals surface area (Å²) in [4.78, 5) is 11.2. The molecule has 1 saturated heterocycles. The number of hydrogen-bond donors (Lipinski definition) is 2. The minimum Gasteiger partial charge on any atom is -0.379 e. The summed E-state index contributed by atoms with van der Waals surface area (Å²) in [6.07, 6.45) is 3.43. The Morgan fingerprint density at radius 1 is 1.26 bits per heavy atom. The van der Waals surface area contributed by atoms with Gasteiger partial charge in [0.2, 0.25) is 0 Å². The molecule has 0 amide bonds. The topological polar surface area (TPSA) is 66.7 Å². The van der Waals surface area contributed by atoms with Gasteiger partial charge in [-0.2, -0.15) is 0 Å². The molecule has 1 aromatic carbocycles. The number of ether oxygens (including phenoxy) is 1. The number of morpholine rings is 1. The van der Waals surface area contributed by atoms with Crippen molar-refractivity contribution in [3.05, 3.63) is 47.8 Å². The van der Waals surface area contributed by atoms with Crippen molar-refractivity contribution < 1.29 is 9.13 Å². The first-order chi connectivity index (χ1) is 14.4. The van der Waals surface area contributed by atoms with Gasteiger partial charge in [0.1, 0.15) is 11.6 Å². The summed E-state index contributed by atoms with van der Waals surface area (Å²) in [7, 11) is 0. The molecule has 9 heteroatoms. The van der Waals surface area contributed by atoms with Crippen LogP contribution in [0.15, 0.2) is 35.6 Å². The zero-order valence-corrected chi connectivity index (χ0v) is 21.2. The molecule has 0 radical (unpaired) electrons. The quantitative estimate of drug-likeness (QED) is 0.319. The molecule has 0 atom stereocenters. The maximum Gasteiger partial charge on any atom is 0.191 e. The highest BCUT2D eigenvalue weighted by molar-refractivity contribution is 14.0. The van der Waals surface area contributed by atoms with Crippen LogP contribution in [0.2, 0.25) is 0 Å². The van der Waals surface area contributed by atoms with E-state index in [0.29, 0.717) is 12.2 Å². The molecule has 0 unspecified atom stereocenters. The average Bonchev–Trinajstić information content (AvgIpc) is 3.16. The van der Waals surface area contributed by atoms with E-state index in [1.54, 1.807) is 29.1 Å². The number of aryl methyl sites for hydroxylation is 1. The van der Waals surface area contributed by atoms with Crippen LogP contribution < -0.4 is 10.6 Å². The van der Waals surface area contributed by atoms with Gasteiger partial charge in [-0.05, 0) is 45.4 Å². The van der Waals surface area contributed by atoms with Gasteiger partial charge in [0.25, 0.3) is 0 Å². The molecule has 0 aliphatic carbocycles. The normalized spacial score (nSPS) is 15.5. The zero-order chi connectivity index (χ0) is 21.6. The highest BCUT2D eigenvalue weighted by atomic mass is 127. The van der Waals surface area contributed by atoms with Crippen LogP contribution in [0.3, 0.4) is 0 Å². The Labute approximate surface area is 201 Å². The molecule has 0 saturated carbocycles. The molecule has 0 spiro atoms. The fourth-order valence-electron chi connectivity index (χ4n) is 3.57. The number of benzene rings is 1. The van der Waals surface area contributed by atoms with Crippen molar-refractivity contribution in [2.24, 2.45) is 4.99 Å². The minimum absolute atomic E-state index is 0. The van der Waals surface area contributed by atoms with Gasteiger partial charge in [-0.1, -0.05) is 6.07 Å². The van der Waals surface area contributed by atoms with Crippen molar-refractivity contribution in [2.45, 2.75) is 39.8 Å². The Hall–Kier alpha value is -1.72. The van der Waals surface area contributed by atoms with Gasteiger partial charge < -0.3 is 19.9 Å². The standard InChI is InChI=1S/C22H33FN6O.HI/c1-5-24-21(27-16-22(3,4)28-10-12-30-13-11-28)26-15-18-6-7-20(19(23)14-18)29-9-8-25-17(29)2;/h6-9,14H,5,10-13,15-16H2,1-4H3,(H2,24,26,27);1H. The monoisotopic (exact) mass is 544 g/mol. The van der Waals surface area contributed by atoms with Gasteiger partial charge >= 0.3 is 0 Å². The largest absolute Gasteiger partial charge is 0.379 e. The molecule has 172 valence electrons. The summed E-state index contributed by atoms with van der Waals surface area (Å²) in [5, 5.41) is 6.71. The second-order valence-corrected chi connectivity index (χ2v) is 8.09. The molecule has 31 heavy (non-hydrogen) atoms. The van der Waals surface area contributed by atoms with Crippen LogP contribution in [-0.2, 0) is 11.3 Å². The lowest BCUT2D eigenvalue weighted by Crippen LogP contribution is -2.56. The molecule has 2 aromatic rings. The highest BCUT2D eigenvalue weighted by Gasteiger charge is 2.28. The van der Waals surface area contributed by atoms with Crippen LogP contribution in [0.25, 0.3) is 5.69 Å². The molecular weight excluding hydrogens is 510 g/mol. The molecule has 2 N–H and O–H groups in total. The third-order valence-corrected chi connectivity index (χ3v) is 5.42. The van der Waals surface area contributed by atoms with Crippen LogP contribution in [0.5, 0.6) is 0 Å². The average molecular weight is 544 g/mol. The van der Waals surface area contributed by atoms with Crippen LogP contribution >= 0.6 is 24.0 Å². The van der Waals surface area contributed by atoms with Crippen LogP contribution in [0.1, 0.15) is 32.2 Å². The smallest absolute Gasteiger partial charge is 0.191 e. The number of imidazole rings is 1. The molecule has 7 nitrogen and oxygen atoms in total. The maximum atomic E-state index is 14.6. The molecule has 1 aromatic heterocycles. The van der Waals surface area contributed by atoms with Crippen LogP contribution in [0.4, 0.5) is 4.39 Å². The number of halogens is 2. The summed E-state index contributed by atoms with van der Waals surface area (Å²) >= 11 is 0. The third kappa shape index (κ3) is 6.88. The minimum atomic E-state index is -0.282. The molecular formula is C22H34FIN6O. The summed E-state index contributed by atoms with van der Waals surface area (Å²) in [6, 6.07) is 5.22. The van der Waals surface area contributed by atoms with E-state index < -0.39 is 0 Å². The fourth-order valence-corrected chi connectivity index (χ4v) is 3.57. The number of nitrogens with zero attached hydrogens (tertiary/aromatic N) is 4. The summed E-state index contributed by atoms with van der Waals surface area (Å²) in [5.41, 5.74) is 1.30. The Balaban J connectivity index is 0.00000341. The van der Waals surface area contributed by atoms with Crippen molar-refractivity contribution >= 4 is 29.9 Å². The lowest BCUT2D eigenvalue weighted by atomic mass is 10.0. The van der Waals surface area contributed by atoms with Crippen molar-refractivity contribution in [1.29, 1.82) is 0 Å². The lowest BCUT2D eigenvalue weighted by molar-refractivity contribution is -0.00834. The highest BCUT2D eigenvalue weighted by Crippen LogP contribution is 2.18. The van der Waals surface area contributed by atoms with Crippen molar-refractivity contribution in [2.75, 3.05) is 39.4 Å². The number of hydrogen-bond acceptors (Lipinski definition) is 4. The second kappa shape index (κ2) is 11.8. The number of rotatable bonds is 7. The first-order valence-corrected chi connectivity index (χ1v) is 10.5. The number of aliphatic imine (C=N–C) groups is 1. The Bertz CT molecular complexity index is 863.